The van der Waals surface area contributed by atoms with E-state index in [1.807, 2.05) is 0 Å². The smallest absolute Gasteiger partial charge is 0.398 e. The van der Waals surface area contributed by atoms with Crippen molar-refractivity contribution in [1.82, 2.24) is 9.97 Å². The molecule has 3 aromatic rings. The van der Waals surface area contributed by atoms with Gasteiger partial charge in [-0.1, -0.05) is 31.2 Å². The number of halogens is 6. The van der Waals surface area contributed by atoms with E-state index < -0.39 is 37.0 Å². The lowest BCUT2D eigenvalue weighted by molar-refractivity contribution is -0.160. The van der Waals surface area contributed by atoms with Crippen LogP contribution in [-0.2, 0) is 10.2 Å². The van der Waals surface area contributed by atoms with Crippen LogP contribution in [0.3, 0.4) is 0 Å². The van der Waals surface area contributed by atoms with Crippen LogP contribution in [0, 0.1) is 11.6 Å². The Hall–Kier alpha value is -2.37. The second kappa shape index (κ2) is 9.94. The van der Waals surface area contributed by atoms with Gasteiger partial charge in [0.2, 0.25) is 0 Å². The monoisotopic (exact) mass is 535 g/mol. The largest absolute Gasteiger partial charge is 0.450 e. The Morgan fingerprint density at radius 3 is 2.20 bits per heavy atom. The number of H-pyrrole nitrogens is 1. The molecule has 2 heterocycles. The van der Waals surface area contributed by atoms with Crippen LogP contribution in [0.25, 0.3) is 11.0 Å². The molecule has 0 bridgehead atoms. The quantitative estimate of drug-likeness (QED) is 0.149. The van der Waals surface area contributed by atoms with E-state index in [0.29, 0.717) is 0 Å². The first-order valence-corrected chi connectivity index (χ1v) is 14.9. The number of anilines is 1. The van der Waals surface area contributed by atoms with Crippen molar-refractivity contribution >= 4 is 36.4 Å². The molecule has 0 saturated heterocycles. The van der Waals surface area contributed by atoms with Crippen LogP contribution in [0.5, 0.6) is 11.5 Å². The number of hydrogen-bond donors (Lipinski definition) is 2. The van der Waals surface area contributed by atoms with Crippen LogP contribution >= 0.6 is 11.6 Å². The lowest BCUT2D eigenvalue weighted by Gasteiger charge is -2.19. The molecule has 1 aromatic carbocycles. The minimum absolute atomic E-state index is 0.0233. The van der Waals surface area contributed by atoms with Gasteiger partial charge in [-0.15, -0.1) is 0 Å². The molecule has 0 atom stereocenters. The third-order valence-electron chi connectivity index (χ3n) is 5.67. The van der Waals surface area contributed by atoms with Crippen molar-refractivity contribution in [3.05, 3.63) is 46.7 Å². The third-order valence-corrected chi connectivity index (χ3v) is 7.57. The average Bonchev–Trinajstić information content (AvgIpc) is 3.43. The lowest BCUT2D eigenvalue weighted by Crippen LogP contribution is -2.28. The van der Waals surface area contributed by atoms with E-state index in [0.717, 1.165) is 24.8 Å². The number of nitrogens with zero attached hydrogens (tertiary/aromatic N) is 1. The van der Waals surface area contributed by atoms with Gasteiger partial charge >= 0.3 is 6.18 Å². The summed E-state index contributed by atoms with van der Waals surface area (Å²) in [6.07, 6.45) is -3.51. The molecule has 0 unspecified atom stereocenters. The Morgan fingerprint density at radius 1 is 1.14 bits per heavy atom. The van der Waals surface area contributed by atoms with Gasteiger partial charge in [-0.2, -0.15) is 13.2 Å². The fourth-order valence-electron chi connectivity index (χ4n) is 3.55. The van der Waals surface area contributed by atoms with E-state index in [-0.39, 0.29) is 46.0 Å². The first kappa shape index (κ1) is 27.2. The van der Waals surface area contributed by atoms with Gasteiger partial charge in [0, 0.05) is 51.9 Å². The Kier molecular flexibility index (Phi) is 7.73. The number of benzene rings is 1. The molecular weight excluding hydrogens is 509 g/mol. The normalized spacial score (nSPS) is 15.0. The highest BCUT2D eigenvalue weighted by Crippen LogP contribution is 2.61. The summed E-state index contributed by atoms with van der Waals surface area (Å²) < 4.78 is 79.1. The fraction of sp³-hybridized carbons (Fsp3) is 0.435. The van der Waals surface area contributed by atoms with Gasteiger partial charge in [-0.25, -0.2) is 13.8 Å². The number of aromatic amines is 1. The third kappa shape index (κ3) is 6.07. The maximum absolute atomic E-state index is 14.1. The van der Waals surface area contributed by atoms with E-state index in [1.54, 1.807) is 7.11 Å². The lowest BCUT2D eigenvalue weighted by atomic mass is 9.95. The summed E-state index contributed by atoms with van der Waals surface area (Å²) in [6.45, 7) is 8.00. The van der Waals surface area contributed by atoms with E-state index in [4.69, 9.17) is 26.8 Å². The zero-order valence-corrected chi connectivity index (χ0v) is 21.5. The predicted molar refractivity (Wildman–Crippen MR) is 129 cm³/mol. The van der Waals surface area contributed by atoms with Crippen LogP contribution < -0.4 is 10.5 Å². The van der Waals surface area contributed by atoms with Crippen molar-refractivity contribution in [2.45, 2.75) is 50.1 Å². The van der Waals surface area contributed by atoms with Crippen LogP contribution in [-0.4, -0.2) is 37.9 Å². The summed E-state index contributed by atoms with van der Waals surface area (Å²) in [6, 6.07) is 4.08. The Labute approximate surface area is 205 Å². The molecule has 0 aliphatic heterocycles. The number of aromatic nitrogens is 2. The summed E-state index contributed by atoms with van der Waals surface area (Å²) >= 11 is 5.88. The van der Waals surface area contributed by atoms with Gasteiger partial charge in [0.1, 0.15) is 16.5 Å². The number of nitrogen functional groups attached to an aromatic ring is 1. The molecule has 1 aliphatic carbocycles. The number of hydrogen-bond acceptors (Lipinski definition) is 4. The standard InChI is InChI=1S/C17H11ClF5N3O.C6H16OSi/c18-12-5-11(27-14-9(19)3-7(24)4-10(14)20)13-8(6-25-15(13)26-12)16(1-2-16)17(21,22)23;1-7-5-6-8(2,3)4/h3-6H,1-2,24H2,(H,25,26);5-6H2,1-4H3. The minimum Gasteiger partial charge on any atom is -0.450 e. The molecule has 1 saturated carbocycles. The highest BCUT2D eigenvalue weighted by atomic mass is 35.5. The maximum atomic E-state index is 14.1. The average molecular weight is 536 g/mol. The minimum atomic E-state index is -4.49. The topological polar surface area (TPSA) is 73.2 Å². The van der Waals surface area contributed by atoms with Crippen LogP contribution in [0.15, 0.2) is 24.4 Å². The van der Waals surface area contributed by atoms with Crippen LogP contribution in [0.1, 0.15) is 18.4 Å². The number of rotatable bonds is 6. The SMILES string of the molecule is COCC[Si](C)(C)C.Nc1cc(F)c(Oc2cc(Cl)nc3[nH]cc(C4(C(F)(F)F)CC4)c23)c(F)c1. The van der Waals surface area contributed by atoms with Gasteiger partial charge in [0.05, 0.1) is 10.8 Å². The second-order valence-electron chi connectivity index (χ2n) is 9.67. The van der Waals surface area contributed by atoms with E-state index in [1.165, 1.54) is 12.2 Å². The molecule has 0 radical (unpaired) electrons. The first-order valence-electron chi connectivity index (χ1n) is 10.8. The highest BCUT2D eigenvalue weighted by molar-refractivity contribution is 6.76. The molecule has 4 rings (SSSR count). The molecule has 5 nitrogen and oxygen atoms in total. The zero-order chi connectivity index (χ0) is 26.2. The summed E-state index contributed by atoms with van der Waals surface area (Å²) in [4.78, 5) is 6.56. The second-order valence-corrected chi connectivity index (χ2v) is 15.7. The van der Waals surface area contributed by atoms with E-state index in [9.17, 15) is 22.0 Å². The van der Waals surface area contributed by atoms with Crippen molar-refractivity contribution in [2.75, 3.05) is 19.5 Å². The number of nitrogens with two attached hydrogens (primary N) is 1. The van der Waals surface area contributed by atoms with Gasteiger partial charge < -0.3 is 20.2 Å². The molecule has 0 spiro atoms. The van der Waals surface area contributed by atoms with E-state index >= 15 is 0 Å². The maximum Gasteiger partial charge on any atom is 0.398 e. The molecule has 3 N–H and O–H groups in total. The molecule has 0 amide bonds. The summed E-state index contributed by atoms with van der Waals surface area (Å²) in [7, 11) is 0.961. The summed E-state index contributed by atoms with van der Waals surface area (Å²) in [5.41, 5.74) is 3.09. The number of nitrogens with one attached hydrogen (secondary N) is 1. The van der Waals surface area contributed by atoms with Crippen LogP contribution in [0.2, 0.25) is 30.8 Å². The number of alkyl halides is 3. The molecule has 192 valence electrons. The predicted octanol–water partition coefficient (Wildman–Crippen LogP) is 7.43. The molecule has 1 fully saturated rings. The summed E-state index contributed by atoms with van der Waals surface area (Å²) in [5.74, 6) is -3.22. The molecule has 1 aliphatic rings. The molecular formula is C23H27ClF5N3O2Si. The van der Waals surface area contributed by atoms with Crippen molar-refractivity contribution < 1.29 is 31.4 Å². The van der Waals surface area contributed by atoms with Gasteiger partial charge in [0.15, 0.2) is 17.4 Å². The highest BCUT2D eigenvalue weighted by Gasteiger charge is 2.65. The summed E-state index contributed by atoms with van der Waals surface area (Å²) in [5, 5.41) is -0.135. The van der Waals surface area contributed by atoms with Crippen molar-refractivity contribution in [3.8, 4) is 11.5 Å². The number of pyridine rings is 1. The van der Waals surface area contributed by atoms with Gasteiger partial charge in [-0.3, -0.25) is 0 Å². The Bertz CT molecular complexity index is 1180. The van der Waals surface area contributed by atoms with Gasteiger partial charge in [0.25, 0.3) is 0 Å². The zero-order valence-electron chi connectivity index (χ0n) is 19.7. The van der Waals surface area contributed by atoms with E-state index in [2.05, 4.69) is 29.6 Å². The fourth-order valence-corrected chi connectivity index (χ4v) is 4.55. The van der Waals surface area contributed by atoms with Crippen molar-refractivity contribution in [3.63, 3.8) is 0 Å². The number of fused-ring (bicyclic) bond motifs is 1. The van der Waals surface area contributed by atoms with Crippen molar-refractivity contribution in [2.24, 2.45) is 0 Å². The van der Waals surface area contributed by atoms with Crippen molar-refractivity contribution in [1.29, 1.82) is 0 Å². The number of methoxy groups -OCH3 is 1. The number of ether oxygens (including phenoxy) is 2. The molecule has 2 aromatic heterocycles. The Balaban J connectivity index is 0.000000371. The van der Waals surface area contributed by atoms with Gasteiger partial charge in [-0.05, 0) is 24.4 Å². The van der Waals surface area contributed by atoms with Crippen LogP contribution in [0.4, 0.5) is 27.6 Å². The Morgan fingerprint density at radius 2 is 1.74 bits per heavy atom. The molecule has 35 heavy (non-hydrogen) atoms. The first-order chi connectivity index (χ1) is 16.2. The molecule has 12 heteroatoms.